The highest BCUT2D eigenvalue weighted by Crippen LogP contribution is 2.22. The Morgan fingerprint density at radius 2 is 2.00 bits per heavy atom. The fourth-order valence-electron chi connectivity index (χ4n) is 2.28. The second kappa shape index (κ2) is 8.15. The summed E-state index contributed by atoms with van der Waals surface area (Å²) < 4.78 is 5.64. The van der Waals surface area contributed by atoms with Gasteiger partial charge in [0, 0.05) is 17.8 Å². The van der Waals surface area contributed by atoms with Gasteiger partial charge in [-0.2, -0.15) is 0 Å². The van der Waals surface area contributed by atoms with Crippen molar-refractivity contribution < 1.29 is 4.74 Å². The molecule has 0 fully saturated rings. The number of rotatable bonds is 8. The van der Waals surface area contributed by atoms with Crippen LogP contribution < -0.4 is 10.1 Å². The number of hydrogen-bond donors (Lipinski definition) is 1. The molecule has 1 heterocycles. The third-order valence-electron chi connectivity index (χ3n) is 3.29. The number of ether oxygens (including phenoxy) is 1. The molecule has 0 radical (unpaired) electrons. The summed E-state index contributed by atoms with van der Waals surface area (Å²) >= 11 is 1.71. The second-order valence-electron chi connectivity index (χ2n) is 5.09. The second-order valence-corrected chi connectivity index (χ2v) is 6.15. The molecule has 0 aliphatic heterocycles. The molecular formula is C17H24N2OS. The van der Waals surface area contributed by atoms with Gasteiger partial charge in [0.1, 0.15) is 5.75 Å². The standard InChI is InChI=1S/C17H24N2OS/c1-4-10-20-16-8-6-14(7-9-16)17(18-5-2)11-15-12-21-13(3)19-15/h6-9,12,17-18H,4-5,10-11H2,1-3H3. The van der Waals surface area contributed by atoms with E-state index in [0.717, 1.165) is 42.4 Å². The molecule has 114 valence electrons. The van der Waals surface area contributed by atoms with E-state index < -0.39 is 0 Å². The van der Waals surface area contributed by atoms with Gasteiger partial charge in [-0.3, -0.25) is 0 Å². The largest absolute Gasteiger partial charge is 0.494 e. The van der Waals surface area contributed by atoms with E-state index in [1.54, 1.807) is 11.3 Å². The van der Waals surface area contributed by atoms with Crippen molar-refractivity contribution in [2.24, 2.45) is 0 Å². The van der Waals surface area contributed by atoms with Crippen LogP contribution in [0.1, 0.15) is 42.6 Å². The van der Waals surface area contributed by atoms with Crippen LogP contribution in [0.15, 0.2) is 29.6 Å². The highest BCUT2D eigenvalue weighted by molar-refractivity contribution is 7.09. The van der Waals surface area contributed by atoms with Gasteiger partial charge in [-0.05, 0) is 37.6 Å². The fraction of sp³-hybridized carbons (Fsp3) is 0.471. The minimum atomic E-state index is 0.303. The summed E-state index contributed by atoms with van der Waals surface area (Å²) in [5.74, 6) is 0.945. The quantitative estimate of drug-likeness (QED) is 0.796. The highest BCUT2D eigenvalue weighted by atomic mass is 32.1. The molecule has 0 amide bonds. The van der Waals surface area contributed by atoms with E-state index in [1.165, 1.54) is 5.56 Å². The van der Waals surface area contributed by atoms with E-state index >= 15 is 0 Å². The zero-order valence-corrected chi connectivity index (χ0v) is 13.9. The van der Waals surface area contributed by atoms with Gasteiger partial charge in [0.05, 0.1) is 17.3 Å². The number of likely N-dealkylation sites (N-methyl/N-ethyl adjacent to an activating group) is 1. The topological polar surface area (TPSA) is 34.1 Å². The van der Waals surface area contributed by atoms with Crippen molar-refractivity contribution in [3.05, 3.63) is 45.9 Å². The molecule has 0 aliphatic rings. The number of aromatic nitrogens is 1. The molecule has 2 aromatic rings. The maximum Gasteiger partial charge on any atom is 0.119 e. The fourth-order valence-corrected chi connectivity index (χ4v) is 2.91. The zero-order valence-electron chi connectivity index (χ0n) is 13.1. The van der Waals surface area contributed by atoms with E-state index in [0.29, 0.717) is 6.04 Å². The molecule has 1 atom stereocenters. The molecule has 1 N–H and O–H groups in total. The molecular weight excluding hydrogens is 280 g/mol. The molecule has 1 unspecified atom stereocenters. The van der Waals surface area contributed by atoms with Gasteiger partial charge in [-0.1, -0.05) is 26.0 Å². The molecule has 0 spiro atoms. The van der Waals surface area contributed by atoms with Crippen molar-refractivity contribution in [1.29, 1.82) is 0 Å². The Bertz CT molecular complexity index is 536. The monoisotopic (exact) mass is 304 g/mol. The van der Waals surface area contributed by atoms with E-state index in [-0.39, 0.29) is 0 Å². The predicted molar refractivity (Wildman–Crippen MR) is 89.2 cm³/mol. The summed E-state index contributed by atoms with van der Waals surface area (Å²) in [6, 6.07) is 8.72. The summed E-state index contributed by atoms with van der Waals surface area (Å²) in [6.07, 6.45) is 1.96. The van der Waals surface area contributed by atoms with Crippen molar-refractivity contribution in [1.82, 2.24) is 10.3 Å². The third kappa shape index (κ3) is 4.83. The summed E-state index contributed by atoms with van der Waals surface area (Å²) in [4.78, 5) is 4.57. The average molecular weight is 304 g/mol. The molecule has 3 nitrogen and oxygen atoms in total. The third-order valence-corrected chi connectivity index (χ3v) is 4.11. The minimum Gasteiger partial charge on any atom is -0.494 e. The van der Waals surface area contributed by atoms with E-state index in [4.69, 9.17) is 4.74 Å². The van der Waals surface area contributed by atoms with Gasteiger partial charge >= 0.3 is 0 Å². The lowest BCUT2D eigenvalue weighted by Gasteiger charge is -2.18. The molecule has 4 heteroatoms. The predicted octanol–water partition coefficient (Wildman–Crippen LogP) is 4.13. The Hall–Kier alpha value is -1.39. The number of benzene rings is 1. The molecule has 0 bridgehead atoms. The van der Waals surface area contributed by atoms with Crippen molar-refractivity contribution in [3.8, 4) is 5.75 Å². The maximum atomic E-state index is 5.64. The Morgan fingerprint density at radius 3 is 2.57 bits per heavy atom. The molecule has 0 saturated carbocycles. The van der Waals surface area contributed by atoms with Crippen LogP contribution in [-0.4, -0.2) is 18.1 Å². The van der Waals surface area contributed by atoms with E-state index in [1.807, 2.05) is 0 Å². The first-order valence-electron chi connectivity index (χ1n) is 7.60. The lowest BCUT2D eigenvalue weighted by atomic mass is 10.0. The summed E-state index contributed by atoms with van der Waals surface area (Å²) in [5, 5.41) is 6.82. The normalized spacial score (nSPS) is 12.3. The number of nitrogens with one attached hydrogen (secondary N) is 1. The molecule has 21 heavy (non-hydrogen) atoms. The van der Waals surface area contributed by atoms with Gasteiger partial charge in [0.2, 0.25) is 0 Å². The van der Waals surface area contributed by atoms with Gasteiger partial charge in [-0.25, -0.2) is 4.98 Å². The van der Waals surface area contributed by atoms with Crippen LogP contribution in [0, 0.1) is 6.92 Å². The van der Waals surface area contributed by atoms with Crippen LogP contribution in [0.2, 0.25) is 0 Å². The summed E-state index contributed by atoms with van der Waals surface area (Å²) in [6.45, 7) is 8.02. The Labute approximate surface area is 131 Å². The Kier molecular flexibility index (Phi) is 6.21. The average Bonchev–Trinajstić information content (AvgIpc) is 2.90. The number of thiazole rings is 1. The Balaban J connectivity index is 2.06. The van der Waals surface area contributed by atoms with Crippen LogP contribution in [0.4, 0.5) is 0 Å². The van der Waals surface area contributed by atoms with Gasteiger partial charge < -0.3 is 10.1 Å². The molecule has 2 rings (SSSR count). The number of hydrogen-bond acceptors (Lipinski definition) is 4. The van der Waals surface area contributed by atoms with E-state index in [2.05, 4.69) is 60.7 Å². The highest BCUT2D eigenvalue weighted by Gasteiger charge is 2.13. The van der Waals surface area contributed by atoms with Gasteiger partial charge in [0.25, 0.3) is 0 Å². The first-order valence-corrected chi connectivity index (χ1v) is 8.48. The van der Waals surface area contributed by atoms with Crippen LogP contribution in [0.3, 0.4) is 0 Å². The van der Waals surface area contributed by atoms with Crippen molar-refractivity contribution in [2.75, 3.05) is 13.2 Å². The molecule has 0 saturated heterocycles. The molecule has 1 aromatic heterocycles. The molecule has 0 aliphatic carbocycles. The van der Waals surface area contributed by atoms with Crippen LogP contribution >= 0.6 is 11.3 Å². The van der Waals surface area contributed by atoms with Crippen molar-refractivity contribution >= 4 is 11.3 Å². The summed E-state index contributed by atoms with van der Waals surface area (Å²) in [5.41, 5.74) is 2.45. The van der Waals surface area contributed by atoms with Gasteiger partial charge in [0.15, 0.2) is 0 Å². The Morgan fingerprint density at radius 1 is 1.24 bits per heavy atom. The van der Waals surface area contributed by atoms with Gasteiger partial charge in [-0.15, -0.1) is 11.3 Å². The van der Waals surface area contributed by atoms with Crippen LogP contribution in [0.25, 0.3) is 0 Å². The zero-order chi connectivity index (χ0) is 15.1. The van der Waals surface area contributed by atoms with Crippen LogP contribution in [-0.2, 0) is 6.42 Å². The van der Waals surface area contributed by atoms with Crippen molar-refractivity contribution in [2.45, 2.75) is 39.7 Å². The minimum absolute atomic E-state index is 0.303. The lowest BCUT2D eigenvalue weighted by Crippen LogP contribution is -2.23. The SMILES string of the molecule is CCCOc1ccc(C(Cc2csc(C)n2)NCC)cc1. The smallest absolute Gasteiger partial charge is 0.119 e. The van der Waals surface area contributed by atoms with Crippen molar-refractivity contribution in [3.63, 3.8) is 0 Å². The van der Waals surface area contributed by atoms with E-state index in [9.17, 15) is 0 Å². The number of nitrogens with zero attached hydrogens (tertiary/aromatic N) is 1. The summed E-state index contributed by atoms with van der Waals surface area (Å²) in [7, 11) is 0. The first-order chi connectivity index (χ1) is 10.2. The molecule has 1 aromatic carbocycles. The first kappa shape index (κ1) is 16.0. The number of aryl methyl sites for hydroxylation is 1. The maximum absolute atomic E-state index is 5.64. The lowest BCUT2D eigenvalue weighted by molar-refractivity contribution is 0.317. The van der Waals surface area contributed by atoms with Crippen LogP contribution in [0.5, 0.6) is 5.75 Å².